The molecule has 0 radical (unpaired) electrons. The van der Waals surface area contributed by atoms with E-state index in [-0.39, 0.29) is 21.7 Å². The predicted molar refractivity (Wildman–Crippen MR) is 192 cm³/mol. The second-order valence-corrected chi connectivity index (χ2v) is 17.6. The second-order valence-electron chi connectivity index (χ2n) is 17.6. The minimum atomic E-state index is -0.899. The molecular formula is C41H64N2O. The van der Waals surface area contributed by atoms with Gasteiger partial charge >= 0.3 is 0 Å². The van der Waals surface area contributed by atoms with E-state index in [1.54, 1.807) is 0 Å². The van der Waals surface area contributed by atoms with E-state index in [0.29, 0.717) is 5.92 Å². The van der Waals surface area contributed by atoms with Gasteiger partial charge in [-0.1, -0.05) is 145 Å². The van der Waals surface area contributed by atoms with Gasteiger partial charge in [-0.3, -0.25) is 0 Å². The zero-order chi connectivity index (χ0) is 34.3. The van der Waals surface area contributed by atoms with Crippen molar-refractivity contribution in [2.24, 2.45) is 27.6 Å². The van der Waals surface area contributed by atoms with Crippen LogP contribution < -0.4 is 0 Å². The lowest BCUT2D eigenvalue weighted by Gasteiger charge is -2.39. The maximum absolute atomic E-state index is 10.9. The fourth-order valence-electron chi connectivity index (χ4n) is 5.96. The molecule has 0 atom stereocenters. The molecule has 2 rings (SSSR count). The molecule has 0 saturated carbocycles. The molecule has 244 valence electrons. The molecular weight excluding hydrogens is 536 g/mol. The lowest BCUT2D eigenvalue weighted by molar-refractivity contribution is -0.0118. The van der Waals surface area contributed by atoms with Crippen LogP contribution in [-0.4, -0.2) is 20.7 Å². The van der Waals surface area contributed by atoms with Gasteiger partial charge in [0, 0.05) is 34.1 Å². The molecule has 0 aliphatic heterocycles. The molecule has 1 aliphatic rings. The largest absolute Gasteiger partial charge is 0.390 e. The summed E-state index contributed by atoms with van der Waals surface area (Å²) in [6.45, 7) is 41.4. The number of hydrogen-bond acceptors (Lipinski definition) is 3. The monoisotopic (exact) mass is 601 g/mol. The molecule has 1 N–H and O–H groups in total. The standard InChI is InChI=1S/C41H64N2O/c1-19-29(40(15,16)41(17,18)44)22-23-33(35(4,5)6)39(13,14)34-42-26-32(27-43-34)38(11,12)31-21-20-30(24-36(7,8)25-31)37(9,10)28(2)3/h19-28,44H,1H2,2-18H3/b29-22+,33-23+. The molecule has 0 aromatic carbocycles. The summed E-state index contributed by atoms with van der Waals surface area (Å²) in [5.41, 5.74) is 3.76. The quantitative estimate of drug-likeness (QED) is 0.272. The number of aromatic nitrogens is 2. The van der Waals surface area contributed by atoms with Crippen molar-refractivity contribution < 1.29 is 5.11 Å². The van der Waals surface area contributed by atoms with E-state index < -0.39 is 16.4 Å². The Morgan fingerprint density at radius 2 is 1.27 bits per heavy atom. The van der Waals surface area contributed by atoms with Crippen molar-refractivity contribution in [3.8, 4) is 0 Å². The molecule has 0 unspecified atom stereocenters. The highest BCUT2D eigenvalue weighted by Gasteiger charge is 2.39. The lowest BCUT2D eigenvalue weighted by atomic mass is 9.68. The third kappa shape index (κ3) is 7.82. The van der Waals surface area contributed by atoms with Crippen molar-refractivity contribution >= 4 is 0 Å². The topological polar surface area (TPSA) is 46.0 Å². The minimum absolute atomic E-state index is 0.0790. The molecule has 1 aromatic heterocycles. The Balaban J connectivity index is 2.57. The van der Waals surface area contributed by atoms with Crippen LogP contribution in [0.25, 0.3) is 0 Å². The van der Waals surface area contributed by atoms with E-state index >= 15 is 0 Å². The molecule has 0 spiro atoms. The number of hydrogen-bond donors (Lipinski definition) is 1. The zero-order valence-electron chi connectivity index (χ0n) is 31.3. The Morgan fingerprint density at radius 1 is 0.795 bits per heavy atom. The number of aliphatic hydroxyl groups is 1. The van der Waals surface area contributed by atoms with Gasteiger partial charge in [-0.15, -0.1) is 0 Å². The second kappa shape index (κ2) is 12.3. The first-order valence-electron chi connectivity index (χ1n) is 16.4. The van der Waals surface area contributed by atoms with E-state index in [9.17, 15) is 5.11 Å². The van der Waals surface area contributed by atoms with Crippen LogP contribution in [-0.2, 0) is 10.8 Å². The van der Waals surface area contributed by atoms with Gasteiger partial charge in [0.2, 0.25) is 0 Å². The van der Waals surface area contributed by atoms with Crippen LogP contribution in [0.5, 0.6) is 0 Å². The third-order valence-electron chi connectivity index (χ3n) is 10.7. The van der Waals surface area contributed by atoms with Gasteiger partial charge in [0.25, 0.3) is 0 Å². The Hall–Kier alpha value is -2.52. The summed E-state index contributed by atoms with van der Waals surface area (Å²) in [7, 11) is 0. The number of allylic oxidation sites excluding steroid dienone is 10. The molecule has 0 fully saturated rings. The smallest absolute Gasteiger partial charge is 0.137 e. The molecule has 1 heterocycles. The Kier molecular flexibility index (Phi) is 10.6. The van der Waals surface area contributed by atoms with Gasteiger partial charge in [-0.25, -0.2) is 9.97 Å². The van der Waals surface area contributed by atoms with Gasteiger partial charge in [0.15, 0.2) is 0 Å². The Labute approximate surface area is 271 Å². The normalized spacial score (nSPS) is 17.8. The average Bonchev–Trinajstić information content (AvgIpc) is 3.03. The van der Waals surface area contributed by atoms with Crippen LogP contribution in [0, 0.1) is 27.6 Å². The highest BCUT2D eigenvalue weighted by atomic mass is 16.3. The molecule has 0 saturated heterocycles. The van der Waals surface area contributed by atoms with Crippen molar-refractivity contribution in [2.75, 3.05) is 0 Å². The summed E-state index contributed by atoms with van der Waals surface area (Å²) in [4.78, 5) is 10.0. The third-order valence-corrected chi connectivity index (χ3v) is 10.7. The summed E-state index contributed by atoms with van der Waals surface area (Å²) in [5, 5.41) is 10.9. The molecule has 0 bridgehead atoms. The highest BCUT2D eigenvalue weighted by Crippen LogP contribution is 2.45. The lowest BCUT2D eigenvalue weighted by Crippen LogP contribution is -2.39. The van der Waals surface area contributed by atoms with E-state index in [1.165, 1.54) is 16.7 Å². The zero-order valence-corrected chi connectivity index (χ0v) is 31.3. The minimum Gasteiger partial charge on any atom is -0.390 e. The SMILES string of the molecule is C=C/C(=C\C=C(/C(C)(C)C)C(C)(C)c1ncc(C(C)(C)C2=CC(C)(C)C=C(C(C)(C)C(C)C)C=C2)cn1)C(C)(C)C(C)(C)O. The fourth-order valence-corrected chi connectivity index (χ4v) is 5.96. The van der Waals surface area contributed by atoms with Gasteiger partial charge in [-0.2, -0.15) is 0 Å². The Bertz CT molecular complexity index is 1350. The van der Waals surface area contributed by atoms with Crippen LogP contribution in [0.15, 0.2) is 83.8 Å². The number of rotatable bonds is 10. The summed E-state index contributed by atoms with van der Waals surface area (Å²) < 4.78 is 0. The first kappa shape index (κ1) is 37.7. The molecule has 44 heavy (non-hydrogen) atoms. The van der Waals surface area contributed by atoms with Crippen molar-refractivity contribution in [3.05, 3.63) is 95.2 Å². The van der Waals surface area contributed by atoms with Gasteiger partial charge < -0.3 is 5.11 Å². The van der Waals surface area contributed by atoms with Crippen LogP contribution in [0.1, 0.15) is 129 Å². The van der Waals surface area contributed by atoms with Gasteiger partial charge in [0.1, 0.15) is 5.82 Å². The molecule has 1 aliphatic carbocycles. The number of nitrogens with zero attached hydrogens (tertiary/aromatic N) is 2. The van der Waals surface area contributed by atoms with Crippen LogP contribution in [0.3, 0.4) is 0 Å². The first-order chi connectivity index (χ1) is 19.6. The molecule has 0 amide bonds. The predicted octanol–water partition coefficient (Wildman–Crippen LogP) is 11.0. The first-order valence-corrected chi connectivity index (χ1v) is 16.4. The van der Waals surface area contributed by atoms with E-state index in [1.807, 2.05) is 32.3 Å². The van der Waals surface area contributed by atoms with E-state index in [0.717, 1.165) is 17.0 Å². The van der Waals surface area contributed by atoms with E-state index in [2.05, 4.69) is 147 Å². The maximum Gasteiger partial charge on any atom is 0.137 e. The van der Waals surface area contributed by atoms with Gasteiger partial charge in [-0.05, 0) is 66.7 Å². The van der Waals surface area contributed by atoms with Crippen LogP contribution >= 0.6 is 0 Å². The van der Waals surface area contributed by atoms with Crippen molar-refractivity contribution in [1.82, 2.24) is 9.97 Å². The van der Waals surface area contributed by atoms with Crippen molar-refractivity contribution in [1.29, 1.82) is 0 Å². The maximum atomic E-state index is 10.9. The molecule has 3 nitrogen and oxygen atoms in total. The van der Waals surface area contributed by atoms with E-state index in [4.69, 9.17) is 9.97 Å². The van der Waals surface area contributed by atoms with Gasteiger partial charge in [0.05, 0.1) is 5.60 Å². The summed E-state index contributed by atoms with van der Waals surface area (Å²) >= 11 is 0. The van der Waals surface area contributed by atoms with Crippen molar-refractivity contribution in [2.45, 2.75) is 134 Å². The molecule has 3 heteroatoms. The van der Waals surface area contributed by atoms with Crippen molar-refractivity contribution in [3.63, 3.8) is 0 Å². The highest BCUT2D eigenvalue weighted by molar-refractivity contribution is 5.46. The summed E-state index contributed by atoms with van der Waals surface area (Å²) in [5.74, 6) is 1.33. The fraction of sp³-hybridized carbons (Fsp3) is 0.610. The summed E-state index contributed by atoms with van der Waals surface area (Å²) in [6, 6.07) is 0. The average molecular weight is 601 g/mol. The Morgan fingerprint density at radius 3 is 1.70 bits per heavy atom. The summed E-state index contributed by atoms with van der Waals surface area (Å²) in [6.07, 6.45) is 19.7. The van der Waals surface area contributed by atoms with Crippen LogP contribution in [0.4, 0.5) is 0 Å². The van der Waals surface area contributed by atoms with Crippen LogP contribution in [0.2, 0.25) is 0 Å². The molecule has 1 aromatic rings.